The largest absolute Gasteiger partial charge is 0.462 e. The highest BCUT2D eigenvalue weighted by molar-refractivity contribution is 9.10. The molecular weight excluding hydrogens is 482 g/mol. The minimum atomic E-state index is 0.512. The minimum absolute atomic E-state index is 0.512. The van der Waals surface area contributed by atoms with Gasteiger partial charge in [-0.15, -0.1) is 0 Å². The van der Waals surface area contributed by atoms with E-state index in [0.29, 0.717) is 6.54 Å². The zero-order valence-corrected chi connectivity index (χ0v) is 18.2. The first-order valence-electron chi connectivity index (χ1n) is 8.84. The normalized spacial score (nSPS) is 12.9. The molecule has 0 spiro atoms. The van der Waals surface area contributed by atoms with Crippen molar-refractivity contribution in [3.63, 3.8) is 0 Å². The number of imidazole rings is 1. The van der Waals surface area contributed by atoms with E-state index >= 15 is 0 Å². The molecule has 138 valence electrons. The van der Waals surface area contributed by atoms with Crippen LogP contribution in [-0.4, -0.2) is 15.3 Å². The summed E-state index contributed by atoms with van der Waals surface area (Å²) in [6.07, 6.45) is 3.56. The van der Waals surface area contributed by atoms with Crippen LogP contribution in [0.25, 0.3) is 17.1 Å². The van der Waals surface area contributed by atoms with E-state index in [1.54, 1.807) is 6.26 Å². The molecule has 0 atom stereocenters. The van der Waals surface area contributed by atoms with Crippen molar-refractivity contribution in [3.05, 3.63) is 92.5 Å². The summed E-state index contributed by atoms with van der Waals surface area (Å²) in [5.41, 5.74) is 7.05. The molecule has 1 aliphatic rings. The van der Waals surface area contributed by atoms with Crippen LogP contribution in [0, 0.1) is 6.92 Å². The highest BCUT2D eigenvalue weighted by atomic mass is 79.9. The van der Waals surface area contributed by atoms with Gasteiger partial charge >= 0.3 is 0 Å². The predicted octanol–water partition coefficient (Wildman–Crippen LogP) is 6.32. The van der Waals surface area contributed by atoms with Gasteiger partial charge < -0.3 is 4.42 Å². The summed E-state index contributed by atoms with van der Waals surface area (Å²) in [6, 6.07) is 16.4. The highest BCUT2D eigenvalue weighted by Crippen LogP contribution is 2.34. The molecule has 0 bridgehead atoms. The van der Waals surface area contributed by atoms with Gasteiger partial charge in [-0.1, -0.05) is 50.1 Å². The number of hydrogen-bond acceptors (Lipinski definition) is 3. The number of aliphatic imine (C=N–C) groups is 1. The third-order valence-electron chi connectivity index (χ3n) is 4.93. The average molecular weight is 497 g/mol. The molecule has 0 aliphatic carbocycles. The van der Waals surface area contributed by atoms with Crippen molar-refractivity contribution < 1.29 is 4.42 Å². The van der Waals surface area contributed by atoms with E-state index in [-0.39, 0.29) is 0 Å². The van der Waals surface area contributed by atoms with Crippen LogP contribution in [-0.2, 0) is 6.54 Å². The van der Waals surface area contributed by atoms with Gasteiger partial charge in [-0.3, -0.25) is 9.56 Å². The predicted molar refractivity (Wildman–Crippen MR) is 117 cm³/mol. The summed E-state index contributed by atoms with van der Waals surface area (Å²) in [5.74, 6) is 0.798. The lowest BCUT2D eigenvalue weighted by Gasteiger charge is -2.13. The van der Waals surface area contributed by atoms with Gasteiger partial charge in [-0.25, -0.2) is 4.98 Å². The van der Waals surface area contributed by atoms with Gasteiger partial charge in [0.25, 0.3) is 0 Å². The molecule has 0 saturated carbocycles. The van der Waals surface area contributed by atoms with Crippen LogP contribution in [0.15, 0.2) is 79.5 Å². The number of nitrogens with zero attached hydrogens (tertiary/aromatic N) is 3. The van der Waals surface area contributed by atoms with Gasteiger partial charge in [0.15, 0.2) is 5.76 Å². The van der Waals surface area contributed by atoms with Gasteiger partial charge in [-0.05, 0) is 42.8 Å². The fraction of sp³-hybridized carbons (Fsp3) is 0.0909. The number of halogens is 2. The second-order valence-corrected chi connectivity index (χ2v) is 8.42. The van der Waals surface area contributed by atoms with E-state index < -0.39 is 0 Å². The Labute approximate surface area is 179 Å². The number of benzene rings is 2. The second kappa shape index (κ2) is 6.87. The van der Waals surface area contributed by atoms with Crippen molar-refractivity contribution in [2.24, 2.45) is 4.99 Å². The van der Waals surface area contributed by atoms with Crippen molar-refractivity contribution in [2.75, 3.05) is 0 Å². The van der Waals surface area contributed by atoms with E-state index in [1.807, 2.05) is 43.6 Å². The van der Waals surface area contributed by atoms with E-state index in [9.17, 15) is 0 Å². The van der Waals surface area contributed by atoms with Crippen LogP contribution in [0.3, 0.4) is 0 Å². The summed E-state index contributed by atoms with van der Waals surface area (Å²) >= 11 is 7.30. The maximum atomic E-state index is 5.71. The molecule has 0 radical (unpaired) electrons. The lowest BCUT2D eigenvalue weighted by molar-refractivity contribution is 0.578. The highest BCUT2D eigenvalue weighted by Gasteiger charge is 2.24. The fourth-order valence-corrected chi connectivity index (χ4v) is 4.40. The van der Waals surface area contributed by atoms with Gasteiger partial charge in [0, 0.05) is 20.1 Å². The lowest BCUT2D eigenvalue weighted by Crippen LogP contribution is -2.07. The maximum Gasteiger partial charge on any atom is 0.157 e. The smallest absolute Gasteiger partial charge is 0.157 e. The average Bonchev–Trinajstić information content (AvgIpc) is 3.25. The molecule has 0 fully saturated rings. The van der Waals surface area contributed by atoms with Gasteiger partial charge in [0.05, 0.1) is 29.9 Å². The molecule has 5 rings (SSSR count). The van der Waals surface area contributed by atoms with E-state index in [0.717, 1.165) is 54.2 Å². The number of hydrogen-bond donors (Lipinski definition) is 0. The van der Waals surface area contributed by atoms with Crippen LogP contribution < -0.4 is 0 Å². The molecule has 3 heterocycles. The van der Waals surface area contributed by atoms with Crippen LogP contribution in [0.4, 0.5) is 0 Å². The van der Waals surface area contributed by atoms with Crippen molar-refractivity contribution in [1.82, 2.24) is 9.55 Å². The maximum absolute atomic E-state index is 5.71. The van der Waals surface area contributed by atoms with Gasteiger partial charge in [-0.2, -0.15) is 0 Å². The Morgan fingerprint density at radius 1 is 1.04 bits per heavy atom. The standard InChI is InChI=1S/C22H15Br2N3O/c1-13-8-9-28-22(13)21-19-11-25-20(15-4-2-3-5-17(15)24)16-10-14(23)6-7-18(16)27(19)12-26-21/h2-10,12H,11H2,1H3. The summed E-state index contributed by atoms with van der Waals surface area (Å²) in [5, 5.41) is 0. The minimum Gasteiger partial charge on any atom is -0.462 e. The Morgan fingerprint density at radius 3 is 2.68 bits per heavy atom. The molecule has 4 aromatic rings. The molecule has 2 aromatic carbocycles. The molecule has 1 aliphatic heterocycles. The monoisotopic (exact) mass is 495 g/mol. The molecule has 2 aromatic heterocycles. The Bertz CT molecular complexity index is 1240. The van der Waals surface area contributed by atoms with Crippen molar-refractivity contribution >= 4 is 37.6 Å². The molecule has 28 heavy (non-hydrogen) atoms. The molecule has 4 nitrogen and oxygen atoms in total. The number of fused-ring (bicyclic) bond motifs is 3. The van der Waals surface area contributed by atoms with Crippen LogP contribution in [0.2, 0.25) is 0 Å². The summed E-state index contributed by atoms with van der Waals surface area (Å²) in [7, 11) is 0. The zero-order chi connectivity index (χ0) is 19.3. The molecule has 0 N–H and O–H groups in total. The zero-order valence-electron chi connectivity index (χ0n) is 15.0. The first-order chi connectivity index (χ1) is 13.6. The van der Waals surface area contributed by atoms with E-state index in [2.05, 4.69) is 59.6 Å². The SMILES string of the molecule is Cc1ccoc1-c1ncn2c1CN=C(c1ccccc1Br)c1cc(Br)ccc1-2. The van der Waals surface area contributed by atoms with E-state index in [1.165, 1.54) is 0 Å². The van der Waals surface area contributed by atoms with Gasteiger partial charge in [0.1, 0.15) is 12.0 Å². The van der Waals surface area contributed by atoms with E-state index in [4.69, 9.17) is 9.41 Å². The molecule has 0 amide bonds. The number of rotatable bonds is 2. The third-order valence-corrected chi connectivity index (χ3v) is 6.12. The van der Waals surface area contributed by atoms with Crippen molar-refractivity contribution in [1.29, 1.82) is 0 Å². The summed E-state index contributed by atoms with van der Waals surface area (Å²) in [4.78, 5) is 9.67. The third kappa shape index (κ3) is 2.79. The molecule has 6 heteroatoms. The molecule has 0 saturated heterocycles. The Morgan fingerprint density at radius 2 is 1.89 bits per heavy atom. The molecule has 0 unspecified atom stereocenters. The van der Waals surface area contributed by atoms with Crippen LogP contribution in [0.5, 0.6) is 0 Å². The van der Waals surface area contributed by atoms with Crippen LogP contribution in [0.1, 0.15) is 22.4 Å². The van der Waals surface area contributed by atoms with Gasteiger partial charge in [0.2, 0.25) is 0 Å². The summed E-state index contributed by atoms with van der Waals surface area (Å²) < 4.78 is 9.86. The van der Waals surface area contributed by atoms with Crippen molar-refractivity contribution in [3.8, 4) is 17.1 Å². The lowest BCUT2D eigenvalue weighted by atomic mass is 10.0. The first-order valence-corrected chi connectivity index (χ1v) is 10.4. The van der Waals surface area contributed by atoms with Crippen LogP contribution >= 0.6 is 31.9 Å². The Hall–Kier alpha value is -2.44. The topological polar surface area (TPSA) is 43.3 Å². The number of aryl methyl sites for hydroxylation is 1. The second-order valence-electron chi connectivity index (χ2n) is 6.65. The van der Waals surface area contributed by atoms with Crippen molar-refractivity contribution in [2.45, 2.75) is 13.5 Å². The first kappa shape index (κ1) is 17.6. The number of aromatic nitrogens is 2. The quantitative estimate of drug-likeness (QED) is 0.326. The molecular formula is C22H15Br2N3O. The number of furan rings is 1. The Kier molecular flexibility index (Phi) is 4.33. The fourth-order valence-electron chi connectivity index (χ4n) is 3.57. The Balaban J connectivity index is 1.77. The summed E-state index contributed by atoms with van der Waals surface area (Å²) in [6.45, 7) is 2.54.